The molecule has 1 aliphatic heterocycles. The second-order valence-corrected chi connectivity index (χ2v) is 7.24. The molecule has 0 saturated carbocycles. The largest absolute Gasteiger partial charge is 0.444 e. The molecule has 2 aliphatic rings. The van der Waals surface area contributed by atoms with E-state index < -0.39 is 5.60 Å². The van der Waals surface area contributed by atoms with Crippen molar-refractivity contribution in [2.75, 3.05) is 0 Å². The van der Waals surface area contributed by atoms with Crippen molar-refractivity contribution in [3.05, 3.63) is 27.5 Å². The van der Waals surface area contributed by atoms with Gasteiger partial charge in [-0.25, -0.2) is 4.79 Å². The summed E-state index contributed by atoms with van der Waals surface area (Å²) >= 11 is 6.42. The van der Waals surface area contributed by atoms with Crippen LogP contribution >= 0.6 is 11.6 Å². The van der Waals surface area contributed by atoms with Gasteiger partial charge in [-0.2, -0.15) is 0 Å². The van der Waals surface area contributed by atoms with Crippen molar-refractivity contribution in [2.24, 2.45) is 0 Å². The number of pyridine rings is 1. The molecule has 3 rings (SSSR count). The van der Waals surface area contributed by atoms with Crippen molar-refractivity contribution in [1.82, 2.24) is 9.88 Å². The molecule has 0 radical (unpaired) electrons. The van der Waals surface area contributed by atoms with Crippen molar-refractivity contribution in [2.45, 2.75) is 65.1 Å². The van der Waals surface area contributed by atoms with Crippen molar-refractivity contribution in [3.63, 3.8) is 0 Å². The van der Waals surface area contributed by atoms with E-state index in [1.165, 1.54) is 5.56 Å². The van der Waals surface area contributed by atoms with Gasteiger partial charge in [0.25, 0.3) is 0 Å². The lowest BCUT2D eigenvalue weighted by atomic mass is 9.90. The fourth-order valence-corrected chi connectivity index (χ4v) is 3.48. The minimum Gasteiger partial charge on any atom is -0.444 e. The Hall–Kier alpha value is -1.29. The first-order valence-corrected chi connectivity index (χ1v) is 7.83. The highest BCUT2D eigenvalue weighted by atomic mass is 35.5. The molecule has 21 heavy (non-hydrogen) atoms. The van der Waals surface area contributed by atoms with Crippen molar-refractivity contribution < 1.29 is 9.53 Å². The molecule has 1 atom stereocenters. The Morgan fingerprint density at radius 2 is 2.14 bits per heavy atom. The predicted molar refractivity (Wildman–Crippen MR) is 81.4 cm³/mol. The van der Waals surface area contributed by atoms with Crippen LogP contribution in [0.3, 0.4) is 0 Å². The van der Waals surface area contributed by atoms with Crippen LogP contribution in [0.5, 0.6) is 0 Å². The van der Waals surface area contributed by atoms with Crippen LogP contribution in [0.25, 0.3) is 0 Å². The first-order chi connectivity index (χ1) is 9.78. The van der Waals surface area contributed by atoms with Gasteiger partial charge in [0.1, 0.15) is 5.60 Å². The highest BCUT2D eigenvalue weighted by Crippen LogP contribution is 2.45. The normalized spacial score (nSPS) is 20.4. The highest BCUT2D eigenvalue weighted by Gasteiger charge is 2.41. The molecule has 114 valence electrons. The minimum absolute atomic E-state index is 0.0733. The molecule has 0 saturated heterocycles. The van der Waals surface area contributed by atoms with Crippen LogP contribution in [0.4, 0.5) is 4.79 Å². The van der Waals surface area contributed by atoms with E-state index in [9.17, 15) is 4.79 Å². The Kier molecular flexibility index (Phi) is 3.40. The number of ether oxygens (including phenoxy) is 1. The molecule has 1 aliphatic carbocycles. The smallest absolute Gasteiger partial charge is 0.411 e. The number of amides is 1. The fraction of sp³-hybridized carbons (Fsp3) is 0.625. The van der Waals surface area contributed by atoms with E-state index >= 15 is 0 Å². The van der Waals surface area contributed by atoms with Gasteiger partial charge in [-0.1, -0.05) is 11.6 Å². The zero-order chi connectivity index (χ0) is 15.4. The summed E-state index contributed by atoms with van der Waals surface area (Å²) < 4.78 is 5.54. The second-order valence-electron chi connectivity index (χ2n) is 6.87. The van der Waals surface area contributed by atoms with Crippen LogP contribution in [0, 0.1) is 6.92 Å². The summed E-state index contributed by atoms with van der Waals surface area (Å²) in [4.78, 5) is 18.9. The first kappa shape index (κ1) is 14.6. The SMILES string of the molecule is Cc1nc2c3c(c1Cl)CN(C(=O)OC(C)(C)C)[C@@H]3CCC2. The Labute approximate surface area is 130 Å². The van der Waals surface area contributed by atoms with E-state index in [2.05, 4.69) is 4.98 Å². The molecule has 0 unspecified atom stereocenters. The Bertz CT molecular complexity index is 607. The van der Waals surface area contributed by atoms with Crippen LogP contribution in [-0.4, -0.2) is 21.6 Å². The molecule has 1 aromatic rings. The maximum absolute atomic E-state index is 12.5. The van der Waals surface area contributed by atoms with Gasteiger partial charge in [0, 0.05) is 11.3 Å². The van der Waals surface area contributed by atoms with Crippen molar-refractivity contribution in [3.8, 4) is 0 Å². The molecule has 4 nitrogen and oxygen atoms in total. The molecule has 0 bridgehead atoms. The van der Waals surface area contributed by atoms with Gasteiger partial charge in [-0.3, -0.25) is 9.88 Å². The third kappa shape index (κ3) is 2.50. The fourth-order valence-electron chi connectivity index (χ4n) is 3.27. The molecule has 1 aromatic heterocycles. The maximum Gasteiger partial charge on any atom is 0.411 e. The number of rotatable bonds is 0. The lowest BCUT2D eigenvalue weighted by Gasteiger charge is -2.30. The van der Waals surface area contributed by atoms with E-state index in [0.717, 1.165) is 36.2 Å². The third-order valence-corrected chi connectivity index (χ3v) is 4.58. The van der Waals surface area contributed by atoms with E-state index in [1.54, 1.807) is 0 Å². The molecule has 1 amide bonds. The lowest BCUT2D eigenvalue weighted by Crippen LogP contribution is -2.36. The third-order valence-electron chi connectivity index (χ3n) is 4.08. The number of halogens is 1. The summed E-state index contributed by atoms with van der Waals surface area (Å²) in [6.07, 6.45) is 2.72. The van der Waals surface area contributed by atoms with Gasteiger partial charge >= 0.3 is 6.09 Å². The van der Waals surface area contributed by atoms with Crippen molar-refractivity contribution >= 4 is 17.7 Å². The molecule has 5 heteroatoms. The van der Waals surface area contributed by atoms with Crippen LogP contribution in [0.15, 0.2) is 0 Å². The van der Waals surface area contributed by atoms with Gasteiger partial charge in [0.15, 0.2) is 0 Å². The summed E-state index contributed by atoms with van der Waals surface area (Å²) in [7, 11) is 0. The summed E-state index contributed by atoms with van der Waals surface area (Å²) in [6, 6.07) is 0.0733. The van der Waals surface area contributed by atoms with Crippen LogP contribution < -0.4 is 0 Å². The number of nitrogens with zero attached hydrogens (tertiary/aromatic N) is 2. The van der Waals surface area contributed by atoms with E-state index in [-0.39, 0.29) is 12.1 Å². The summed E-state index contributed by atoms with van der Waals surface area (Å²) in [5.41, 5.74) is 3.71. The van der Waals surface area contributed by atoms with Gasteiger partial charge < -0.3 is 4.74 Å². The summed E-state index contributed by atoms with van der Waals surface area (Å²) in [6.45, 7) is 8.13. The second kappa shape index (κ2) is 4.87. The maximum atomic E-state index is 12.5. The Balaban J connectivity index is 1.98. The molecule has 2 heterocycles. The molecule has 0 aromatic carbocycles. The standard InChI is InChI=1S/C16H21ClN2O2/c1-9-14(17)10-8-19(15(20)21-16(2,3)4)12-7-5-6-11(18-9)13(10)12/h12H,5-8H2,1-4H3/t12-/m1/s1. The zero-order valence-corrected chi connectivity index (χ0v) is 13.8. The number of hydrogen-bond donors (Lipinski definition) is 0. The average Bonchev–Trinajstić information content (AvgIpc) is 2.75. The number of aryl methyl sites for hydroxylation is 2. The van der Waals surface area contributed by atoms with Crippen LogP contribution in [-0.2, 0) is 17.7 Å². The summed E-state index contributed by atoms with van der Waals surface area (Å²) in [5, 5.41) is 0.701. The van der Waals surface area contributed by atoms with Gasteiger partial charge in [0.05, 0.1) is 23.3 Å². The first-order valence-electron chi connectivity index (χ1n) is 7.45. The number of hydrogen-bond acceptors (Lipinski definition) is 3. The van der Waals surface area contributed by atoms with Gasteiger partial charge in [0.2, 0.25) is 0 Å². The number of carbonyl (C=O) groups excluding carboxylic acids is 1. The average molecular weight is 309 g/mol. The number of carbonyl (C=O) groups is 1. The quantitative estimate of drug-likeness (QED) is 0.722. The summed E-state index contributed by atoms with van der Waals surface area (Å²) in [5.74, 6) is 0. The highest BCUT2D eigenvalue weighted by molar-refractivity contribution is 6.32. The molecule has 0 spiro atoms. The minimum atomic E-state index is -0.485. The molecule has 0 fully saturated rings. The van der Waals surface area contributed by atoms with Gasteiger partial charge in [-0.15, -0.1) is 0 Å². The number of aromatic nitrogens is 1. The topological polar surface area (TPSA) is 42.4 Å². The Morgan fingerprint density at radius 3 is 2.81 bits per heavy atom. The molecule has 0 N–H and O–H groups in total. The van der Waals surface area contributed by atoms with Crippen LogP contribution in [0.2, 0.25) is 5.02 Å². The van der Waals surface area contributed by atoms with Crippen LogP contribution in [0.1, 0.15) is 62.2 Å². The predicted octanol–water partition coefficient (Wildman–Crippen LogP) is 4.17. The molecular formula is C16H21ClN2O2. The van der Waals surface area contributed by atoms with Crippen molar-refractivity contribution in [1.29, 1.82) is 0 Å². The molecular weight excluding hydrogens is 288 g/mol. The van der Waals surface area contributed by atoms with E-state index in [4.69, 9.17) is 16.3 Å². The zero-order valence-electron chi connectivity index (χ0n) is 13.0. The monoisotopic (exact) mass is 308 g/mol. The van der Waals surface area contributed by atoms with E-state index in [0.29, 0.717) is 11.6 Å². The lowest BCUT2D eigenvalue weighted by molar-refractivity contribution is 0.0158. The Morgan fingerprint density at radius 1 is 1.43 bits per heavy atom. The van der Waals surface area contributed by atoms with E-state index in [1.807, 2.05) is 32.6 Å². The van der Waals surface area contributed by atoms with Gasteiger partial charge in [-0.05, 0) is 52.5 Å².